The summed E-state index contributed by atoms with van der Waals surface area (Å²) in [5.41, 5.74) is 2.00. The average molecular weight is 538 g/mol. The number of nitrogens with zero attached hydrogens (tertiary/aromatic N) is 2. The molecule has 0 aliphatic carbocycles. The van der Waals surface area contributed by atoms with Gasteiger partial charge in [-0.25, -0.2) is 13.6 Å². The number of halogens is 2. The van der Waals surface area contributed by atoms with Crippen molar-refractivity contribution in [3.63, 3.8) is 0 Å². The summed E-state index contributed by atoms with van der Waals surface area (Å²) in [6.45, 7) is 3.86. The van der Waals surface area contributed by atoms with E-state index in [4.69, 9.17) is 14.2 Å². The molecule has 3 aromatic rings. The minimum atomic E-state index is -0.582. The highest BCUT2D eigenvalue weighted by atomic mass is 19.1. The standard InChI is InChI=1S/C31H35F2N2O4/c1-37-28-12-9-22(19-29(28)38-2)13-16-35-17-14-24(15-18-35)30(21-35)39-31(36)34(27-6-4-3-5-26(27)33)20-23-7-10-25(32)11-8-23/h3-12,19,24,30H,13-18,20-21H2,1-2H3/q+1/t24?,30-,35?/m0/s1. The molecule has 3 fully saturated rings. The van der Waals surface area contributed by atoms with Crippen molar-refractivity contribution in [2.24, 2.45) is 5.92 Å². The zero-order chi connectivity index (χ0) is 27.4. The number of benzene rings is 3. The van der Waals surface area contributed by atoms with E-state index in [9.17, 15) is 13.6 Å². The summed E-state index contributed by atoms with van der Waals surface area (Å²) in [7, 11) is 3.26. The topological polar surface area (TPSA) is 48.0 Å². The van der Waals surface area contributed by atoms with Crippen LogP contribution in [0.5, 0.6) is 11.5 Å². The lowest BCUT2D eigenvalue weighted by Gasteiger charge is -2.52. The number of methoxy groups -OCH3 is 2. The Morgan fingerprint density at radius 3 is 2.31 bits per heavy atom. The summed E-state index contributed by atoms with van der Waals surface area (Å²) in [4.78, 5) is 14.9. The molecular weight excluding hydrogens is 502 g/mol. The molecule has 3 aliphatic heterocycles. The maximum absolute atomic E-state index is 14.8. The van der Waals surface area contributed by atoms with Crippen molar-refractivity contribution >= 4 is 11.8 Å². The van der Waals surface area contributed by atoms with Crippen LogP contribution in [0.3, 0.4) is 0 Å². The van der Waals surface area contributed by atoms with E-state index in [-0.39, 0.29) is 24.2 Å². The van der Waals surface area contributed by atoms with Crippen LogP contribution in [0.25, 0.3) is 0 Å². The Bertz CT molecular complexity index is 1290. The molecular formula is C31H35F2N2O4+. The van der Waals surface area contributed by atoms with Crippen molar-refractivity contribution in [3.8, 4) is 11.5 Å². The first kappa shape index (κ1) is 26.9. The molecule has 0 N–H and O–H groups in total. The van der Waals surface area contributed by atoms with E-state index in [1.165, 1.54) is 28.7 Å². The number of rotatable bonds is 9. The third-order valence-electron chi connectivity index (χ3n) is 8.23. The van der Waals surface area contributed by atoms with Gasteiger partial charge in [-0.3, -0.25) is 4.90 Å². The zero-order valence-electron chi connectivity index (χ0n) is 22.4. The first-order chi connectivity index (χ1) is 18.9. The predicted octanol–water partition coefficient (Wildman–Crippen LogP) is 5.98. The summed E-state index contributed by atoms with van der Waals surface area (Å²) in [5.74, 6) is 0.841. The van der Waals surface area contributed by atoms with Crippen LogP contribution >= 0.6 is 0 Å². The van der Waals surface area contributed by atoms with E-state index >= 15 is 0 Å². The van der Waals surface area contributed by atoms with Gasteiger partial charge in [-0.15, -0.1) is 0 Å². The summed E-state index contributed by atoms with van der Waals surface area (Å²) >= 11 is 0. The largest absolute Gasteiger partial charge is 0.493 e. The lowest BCUT2D eigenvalue weighted by Crippen LogP contribution is -2.65. The lowest BCUT2D eigenvalue weighted by atomic mass is 9.83. The SMILES string of the molecule is COc1ccc(CC[N+]23CCC(CC2)[C@@H](OC(=O)N(Cc2ccc(F)cc2)c2ccccc2F)C3)cc1OC. The number of hydrogen-bond acceptors (Lipinski definition) is 4. The van der Waals surface area contributed by atoms with Gasteiger partial charge in [-0.2, -0.15) is 0 Å². The van der Waals surface area contributed by atoms with E-state index in [1.807, 2.05) is 12.1 Å². The number of hydrogen-bond donors (Lipinski definition) is 0. The smallest absolute Gasteiger partial charge is 0.415 e. The molecule has 3 aliphatic rings. The Kier molecular flexibility index (Phi) is 8.02. The van der Waals surface area contributed by atoms with Crippen LogP contribution in [0.2, 0.25) is 0 Å². The molecule has 8 heteroatoms. The van der Waals surface area contributed by atoms with E-state index in [0.29, 0.717) is 23.0 Å². The monoisotopic (exact) mass is 537 g/mol. The highest BCUT2D eigenvalue weighted by molar-refractivity contribution is 5.87. The van der Waals surface area contributed by atoms with Gasteiger partial charge >= 0.3 is 6.09 Å². The molecule has 6 rings (SSSR count). The Hall–Kier alpha value is -3.65. The van der Waals surface area contributed by atoms with Crippen LogP contribution in [0.15, 0.2) is 66.7 Å². The predicted molar refractivity (Wildman–Crippen MR) is 145 cm³/mol. The molecule has 0 aromatic heterocycles. The molecule has 3 aromatic carbocycles. The second-order valence-corrected chi connectivity index (χ2v) is 10.6. The first-order valence-electron chi connectivity index (χ1n) is 13.4. The molecule has 1 amide bonds. The van der Waals surface area contributed by atoms with Crippen LogP contribution in [0.1, 0.15) is 24.0 Å². The fraction of sp³-hybridized carbons (Fsp3) is 0.387. The second-order valence-electron chi connectivity index (χ2n) is 10.6. The number of carbonyl (C=O) groups is 1. The molecule has 39 heavy (non-hydrogen) atoms. The van der Waals surface area contributed by atoms with Gasteiger partial charge in [-0.05, 0) is 47.5 Å². The number of ether oxygens (including phenoxy) is 3. The third-order valence-corrected chi connectivity index (χ3v) is 8.23. The molecule has 0 unspecified atom stereocenters. The number of piperidine rings is 3. The summed E-state index contributed by atoms with van der Waals surface area (Å²) in [5, 5.41) is 0. The molecule has 1 atom stereocenters. The molecule has 0 radical (unpaired) electrons. The van der Waals surface area contributed by atoms with E-state index in [1.54, 1.807) is 44.6 Å². The van der Waals surface area contributed by atoms with Crippen LogP contribution < -0.4 is 14.4 Å². The maximum Gasteiger partial charge on any atom is 0.415 e. The van der Waals surface area contributed by atoms with E-state index in [2.05, 4.69) is 6.07 Å². The fourth-order valence-corrected chi connectivity index (χ4v) is 5.96. The molecule has 3 saturated heterocycles. The lowest BCUT2D eigenvalue weighted by molar-refractivity contribution is -0.945. The Morgan fingerprint density at radius 1 is 0.923 bits per heavy atom. The van der Waals surface area contributed by atoms with Gasteiger partial charge in [-0.1, -0.05) is 30.3 Å². The second kappa shape index (κ2) is 11.6. The summed E-state index contributed by atoms with van der Waals surface area (Å²) in [6, 6.07) is 18.0. The van der Waals surface area contributed by atoms with Gasteiger partial charge in [0.15, 0.2) is 17.6 Å². The van der Waals surface area contributed by atoms with Crippen molar-refractivity contribution in [3.05, 3.63) is 89.5 Å². The minimum Gasteiger partial charge on any atom is -0.493 e. The highest BCUT2D eigenvalue weighted by Crippen LogP contribution is 2.37. The molecule has 6 nitrogen and oxygen atoms in total. The molecule has 206 valence electrons. The van der Waals surface area contributed by atoms with E-state index in [0.717, 1.165) is 49.9 Å². The van der Waals surface area contributed by atoms with Crippen molar-refractivity contribution in [1.29, 1.82) is 0 Å². The number of fused-ring (bicyclic) bond motifs is 3. The van der Waals surface area contributed by atoms with Crippen molar-refractivity contribution < 1.29 is 32.3 Å². The van der Waals surface area contributed by atoms with Crippen LogP contribution in [-0.4, -0.2) is 57.1 Å². The van der Waals surface area contributed by atoms with Gasteiger partial charge in [0.1, 0.15) is 18.2 Å². The molecule has 0 saturated carbocycles. The van der Waals surface area contributed by atoms with Crippen LogP contribution in [-0.2, 0) is 17.7 Å². The number of anilines is 1. The molecule has 2 bridgehead atoms. The maximum atomic E-state index is 14.8. The van der Waals surface area contributed by atoms with Gasteiger partial charge in [0.2, 0.25) is 0 Å². The Labute approximate surface area is 228 Å². The van der Waals surface area contributed by atoms with Gasteiger partial charge < -0.3 is 18.7 Å². The Morgan fingerprint density at radius 2 is 1.62 bits per heavy atom. The first-order valence-corrected chi connectivity index (χ1v) is 13.4. The summed E-state index contributed by atoms with van der Waals surface area (Å²) < 4.78 is 46.1. The van der Waals surface area contributed by atoms with Crippen molar-refractivity contribution in [1.82, 2.24) is 0 Å². The van der Waals surface area contributed by atoms with Gasteiger partial charge in [0.25, 0.3) is 0 Å². The normalized spacial score (nSPS) is 21.8. The third kappa shape index (κ3) is 6.01. The molecule has 3 heterocycles. The number of carbonyl (C=O) groups excluding carboxylic acids is 1. The van der Waals surface area contributed by atoms with Crippen LogP contribution in [0, 0.1) is 17.6 Å². The number of para-hydroxylation sites is 1. The number of amides is 1. The van der Waals surface area contributed by atoms with Gasteiger partial charge in [0, 0.05) is 25.2 Å². The highest BCUT2D eigenvalue weighted by Gasteiger charge is 2.47. The Balaban J connectivity index is 1.30. The van der Waals surface area contributed by atoms with Crippen molar-refractivity contribution in [2.45, 2.75) is 31.9 Å². The van der Waals surface area contributed by atoms with E-state index < -0.39 is 11.9 Å². The van der Waals surface area contributed by atoms with Crippen LogP contribution in [0.4, 0.5) is 19.3 Å². The van der Waals surface area contributed by atoms with Crippen molar-refractivity contribution in [2.75, 3.05) is 45.3 Å². The fourth-order valence-electron chi connectivity index (χ4n) is 5.96. The minimum absolute atomic E-state index is 0.0801. The van der Waals surface area contributed by atoms with Gasteiger partial charge in [0.05, 0.1) is 46.1 Å². The summed E-state index contributed by atoms with van der Waals surface area (Å²) in [6.07, 6.45) is 2.02. The average Bonchev–Trinajstić information content (AvgIpc) is 2.96. The quantitative estimate of drug-likeness (QED) is 0.315. The number of quaternary nitrogens is 1. The zero-order valence-corrected chi connectivity index (χ0v) is 22.4. The molecule has 0 spiro atoms.